The normalized spacial score (nSPS) is 28.0. The molecule has 124 valence electrons. The van der Waals surface area contributed by atoms with Crippen molar-refractivity contribution in [2.45, 2.75) is 63.8 Å². The van der Waals surface area contributed by atoms with Crippen LogP contribution in [-0.2, 0) is 4.79 Å². The van der Waals surface area contributed by atoms with Gasteiger partial charge in [-0.3, -0.25) is 4.79 Å². The van der Waals surface area contributed by atoms with E-state index in [9.17, 15) is 9.59 Å². The van der Waals surface area contributed by atoms with Crippen LogP contribution in [0.25, 0.3) is 0 Å². The fourth-order valence-electron chi connectivity index (χ4n) is 4.76. The van der Waals surface area contributed by atoms with Gasteiger partial charge >= 0.3 is 6.03 Å². The molecular weight excluding hydrogens is 278 g/mol. The maximum Gasteiger partial charge on any atom is 0.317 e. The standard InChI is InChI=1S/C17H29N3O2/c1-18-15(21)14-11-20(12-17(14)9-5-6-10-17)16(22)19-13-7-3-2-4-8-13/h13-14H,2-12H2,1H3,(H,18,21)(H,19,22). The molecule has 1 spiro atoms. The first-order valence-electron chi connectivity index (χ1n) is 8.92. The van der Waals surface area contributed by atoms with Crippen molar-refractivity contribution >= 4 is 11.9 Å². The molecule has 3 rings (SSSR count). The van der Waals surface area contributed by atoms with Crippen molar-refractivity contribution in [1.29, 1.82) is 0 Å². The second-order valence-corrected chi connectivity index (χ2v) is 7.40. The molecule has 0 aromatic rings. The Labute approximate surface area is 133 Å². The molecule has 1 atom stereocenters. The predicted molar refractivity (Wildman–Crippen MR) is 85.4 cm³/mol. The molecule has 5 nitrogen and oxygen atoms in total. The number of hydrogen-bond acceptors (Lipinski definition) is 2. The Morgan fingerprint density at radius 2 is 1.73 bits per heavy atom. The fourth-order valence-corrected chi connectivity index (χ4v) is 4.76. The summed E-state index contributed by atoms with van der Waals surface area (Å²) in [5.74, 6) is 0.0759. The van der Waals surface area contributed by atoms with Gasteiger partial charge in [0.15, 0.2) is 0 Å². The van der Waals surface area contributed by atoms with E-state index in [-0.39, 0.29) is 23.3 Å². The molecule has 0 aromatic heterocycles. The molecule has 3 aliphatic rings. The van der Waals surface area contributed by atoms with Gasteiger partial charge in [-0.1, -0.05) is 32.1 Å². The van der Waals surface area contributed by atoms with Crippen LogP contribution in [0.2, 0.25) is 0 Å². The molecule has 22 heavy (non-hydrogen) atoms. The quantitative estimate of drug-likeness (QED) is 0.822. The lowest BCUT2D eigenvalue weighted by Gasteiger charge is -2.29. The van der Waals surface area contributed by atoms with Crippen molar-refractivity contribution in [3.05, 3.63) is 0 Å². The van der Waals surface area contributed by atoms with Gasteiger partial charge in [-0.25, -0.2) is 4.79 Å². The van der Waals surface area contributed by atoms with E-state index >= 15 is 0 Å². The first-order valence-corrected chi connectivity index (χ1v) is 8.92. The first kappa shape index (κ1) is 15.6. The zero-order valence-corrected chi connectivity index (χ0v) is 13.7. The molecule has 0 aromatic carbocycles. The number of carbonyl (C=O) groups excluding carboxylic acids is 2. The van der Waals surface area contributed by atoms with E-state index in [1.807, 2.05) is 4.90 Å². The molecule has 2 saturated carbocycles. The molecule has 2 N–H and O–H groups in total. The van der Waals surface area contributed by atoms with E-state index in [1.54, 1.807) is 7.05 Å². The van der Waals surface area contributed by atoms with Crippen LogP contribution < -0.4 is 10.6 Å². The Hall–Kier alpha value is -1.26. The molecule has 2 aliphatic carbocycles. The average Bonchev–Trinajstić information content (AvgIpc) is 3.16. The zero-order chi connectivity index (χ0) is 15.6. The van der Waals surface area contributed by atoms with Crippen LogP contribution in [0.1, 0.15) is 57.8 Å². The van der Waals surface area contributed by atoms with E-state index in [1.165, 1.54) is 32.1 Å². The van der Waals surface area contributed by atoms with E-state index in [4.69, 9.17) is 0 Å². The topological polar surface area (TPSA) is 61.4 Å². The number of nitrogens with one attached hydrogen (secondary N) is 2. The third kappa shape index (κ3) is 2.95. The van der Waals surface area contributed by atoms with Crippen molar-refractivity contribution in [1.82, 2.24) is 15.5 Å². The highest BCUT2D eigenvalue weighted by molar-refractivity contribution is 5.82. The van der Waals surface area contributed by atoms with Crippen LogP contribution >= 0.6 is 0 Å². The molecule has 0 radical (unpaired) electrons. The molecule has 5 heteroatoms. The minimum absolute atomic E-state index is 0.0305. The van der Waals surface area contributed by atoms with Crippen LogP contribution in [0, 0.1) is 11.3 Å². The Balaban J connectivity index is 1.64. The second kappa shape index (κ2) is 6.47. The van der Waals surface area contributed by atoms with Crippen LogP contribution in [-0.4, -0.2) is 43.0 Å². The summed E-state index contributed by atoms with van der Waals surface area (Å²) in [6.45, 7) is 1.34. The van der Waals surface area contributed by atoms with Crippen molar-refractivity contribution in [2.75, 3.05) is 20.1 Å². The largest absolute Gasteiger partial charge is 0.359 e. The number of rotatable bonds is 2. The van der Waals surface area contributed by atoms with E-state index in [0.717, 1.165) is 32.2 Å². The second-order valence-electron chi connectivity index (χ2n) is 7.40. The number of nitrogens with zero attached hydrogens (tertiary/aromatic N) is 1. The van der Waals surface area contributed by atoms with Crippen LogP contribution in [0.4, 0.5) is 4.79 Å². The number of urea groups is 1. The highest BCUT2D eigenvalue weighted by atomic mass is 16.2. The SMILES string of the molecule is CNC(=O)C1CN(C(=O)NC2CCCCC2)CC12CCCC2. The van der Waals surface area contributed by atoms with Crippen molar-refractivity contribution in [2.24, 2.45) is 11.3 Å². The van der Waals surface area contributed by atoms with Crippen molar-refractivity contribution in [3.63, 3.8) is 0 Å². The summed E-state index contributed by atoms with van der Waals surface area (Å²) in [4.78, 5) is 26.8. The molecule has 1 saturated heterocycles. The Bertz CT molecular complexity index is 426. The lowest BCUT2D eigenvalue weighted by molar-refractivity contribution is -0.127. The monoisotopic (exact) mass is 307 g/mol. The number of likely N-dealkylation sites (tertiary alicyclic amines) is 1. The first-order chi connectivity index (χ1) is 10.6. The number of carbonyl (C=O) groups is 2. The summed E-state index contributed by atoms with van der Waals surface area (Å²) in [6, 6.07) is 0.379. The maximum absolute atomic E-state index is 12.6. The Morgan fingerprint density at radius 1 is 1.05 bits per heavy atom. The molecule has 1 aliphatic heterocycles. The van der Waals surface area contributed by atoms with Gasteiger partial charge < -0.3 is 15.5 Å². The van der Waals surface area contributed by atoms with Gasteiger partial charge in [-0.15, -0.1) is 0 Å². The van der Waals surface area contributed by atoms with Crippen molar-refractivity contribution < 1.29 is 9.59 Å². The van der Waals surface area contributed by atoms with E-state index in [2.05, 4.69) is 10.6 Å². The summed E-state index contributed by atoms with van der Waals surface area (Å²) >= 11 is 0. The highest BCUT2D eigenvalue weighted by Gasteiger charge is 2.52. The Morgan fingerprint density at radius 3 is 2.36 bits per heavy atom. The van der Waals surface area contributed by atoms with E-state index < -0.39 is 0 Å². The third-order valence-corrected chi connectivity index (χ3v) is 6.03. The summed E-state index contributed by atoms with van der Waals surface area (Å²) < 4.78 is 0. The molecule has 0 bridgehead atoms. The molecule has 1 unspecified atom stereocenters. The van der Waals surface area contributed by atoms with Gasteiger partial charge in [-0.2, -0.15) is 0 Å². The maximum atomic E-state index is 12.6. The Kier molecular flexibility index (Phi) is 4.59. The minimum atomic E-state index is -0.0305. The summed E-state index contributed by atoms with van der Waals surface area (Å²) in [5, 5.41) is 6.00. The smallest absolute Gasteiger partial charge is 0.317 e. The summed E-state index contributed by atoms with van der Waals surface area (Å²) in [6.07, 6.45) is 10.5. The van der Waals surface area contributed by atoms with Gasteiger partial charge in [0.25, 0.3) is 0 Å². The van der Waals surface area contributed by atoms with Crippen LogP contribution in [0.5, 0.6) is 0 Å². The zero-order valence-electron chi connectivity index (χ0n) is 13.7. The van der Waals surface area contributed by atoms with Crippen LogP contribution in [0.15, 0.2) is 0 Å². The summed E-state index contributed by atoms with van der Waals surface area (Å²) in [5.41, 5.74) is 0.0317. The number of hydrogen-bond donors (Lipinski definition) is 2. The molecule has 1 heterocycles. The van der Waals surface area contributed by atoms with Gasteiger partial charge in [0, 0.05) is 31.6 Å². The molecular formula is C17H29N3O2. The predicted octanol–water partition coefficient (Wildman–Crippen LogP) is 2.27. The number of amides is 3. The molecule has 3 fully saturated rings. The van der Waals surface area contributed by atoms with E-state index in [0.29, 0.717) is 12.6 Å². The van der Waals surface area contributed by atoms with Crippen molar-refractivity contribution in [3.8, 4) is 0 Å². The summed E-state index contributed by atoms with van der Waals surface area (Å²) in [7, 11) is 1.70. The van der Waals surface area contributed by atoms with Gasteiger partial charge in [0.1, 0.15) is 0 Å². The van der Waals surface area contributed by atoms with Gasteiger partial charge in [0.2, 0.25) is 5.91 Å². The molecule has 3 amide bonds. The van der Waals surface area contributed by atoms with Crippen LogP contribution in [0.3, 0.4) is 0 Å². The minimum Gasteiger partial charge on any atom is -0.359 e. The van der Waals surface area contributed by atoms with Gasteiger partial charge in [0.05, 0.1) is 5.92 Å². The fraction of sp³-hybridized carbons (Fsp3) is 0.882. The third-order valence-electron chi connectivity index (χ3n) is 6.03. The average molecular weight is 307 g/mol. The lowest BCUT2D eigenvalue weighted by Crippen LogP contribution is -2.45. The van der Waals surface area contributed by atoms with Gasteiger partial charge in [-0.05, 0) is 25.7 Å². The lowest BCUT2D eigenvalue weighted by atomic mass is 9.76. The highest BCUT2D eigenvalue weighted by Crippen LogP contribution is 2.49.